The summed E-state index contributed by atoms with van der Waals surface area (Å²) in [4.78, 5) is 9.87. The average Bonchev–Trinajstić information content (AvgIpc) is 2.35. The van der Waals surface area contributed by atoms with Crippen LogP contribution in [0.2, 0.25) is 0 Å². The van der Waals surface area contributed by atoms with Gasteiger partial charge in [0.1, 0.15) is 0 Å². The van der Waals surface area contributed by atoms with E-state index in [1.165, 1.54) is 12.1 Å². The predicted molar refractivity (Wildman–Crippen MR) is 72.4 cm³/mol. The normalized spacial score (nSPS) is 12.4. The molecule has 1 unspecified atom stereocenters. The van der Waals surface area contributed by atoms with Gasteiger partial charge >= 0.3 is 5.69 Å². The van der Waals surface area contributed by atoms with Crippen LogP contribution >= 0.6 is 11.8 Å². The minimum absolute atomic E-state index is 0.314. The van der Waals surface area contributed by atoms with Gasteiger partial charge in [-0.2, -0.15) is 16.2 Å². The van der Waals surface area contributed by atoms with Crippen molar-refractivity contribution in [3.8, 4) is 0 Å². The fourth-order valence-electron chi connectivity index (χ4n) is 1.49. The second-order valence-electron chi connectivity index (χ2n) is 4.02. The van der Waals surface area contributed by atoms with Crippen molar-refractivity contribution in [3.05, 3.63) is 39.7 Å². The van der Waals surface area contributed by atoms with E-state index in [1.807, 2.05) is 6.26 Å². The van der Waals surface area contributed by atoms with Gasteiger partial charge in [-0.15, -0.1) is 0 Å². The van der Waals surface area contributed by atoms with Gasteiger partial charge in [0, 0.05) is 23.4 Å². The van der Waals surface area contributed by atoms with Crippen LogP contribution in [0.5, 0.6) is 0 Å². The van der Waals surface area contributed by atoms with Gasteiger partial charge in [-0.3, -0.25) is 10.1 Å². The van der Waals surface area contributed by atoms with Crippen molar-refractivity contribution in [2.24, 2.45) is 0 Å². The van der Waals surface area contributed by atoms with Crippen LogP contribution in [0.3, 0.4) is 0 Å². The van der Waals surface area contributed by atoms with Crippen LogP contribution < -0.4 is 5.32 Å². The number of nitro benzene ring substituents is 1. The van der Waals surface area contributed by atoms with Gasteiger partial charge in [0.25, 0.3) is 0 Å². The van der Waals surface area contributed by atoms with Crippen LogP contribution in [0.15, 0.2) is 18.2 Å². The number of nitrogens with one attached hydrogen (secondary N) is 1. The van der Waals surface area contributed by atoms with E-state index in [2.05, 4.69) is 12.2 Å². The summed E-state index contributed by atoms with van der Waals surface area (Å²) in [5.74, 6) is -0.743. The fourth-order valence-corrected chi connectivity index (χ4v) is 1.84. The maximum Gasteiger partial charge on any atom is 0.305 e. The van der Waals surface area contributed by atoms with Crippen molar-refractivity contribution < 1.29 is 9.31 Å². The summed E-state index contributed by atoms with van der Waals surface area (Å²) < 4.78 is 13.7. The molecule has 6 heteroatoms. The topological polar surface area (TPSA) is 55.2 Å². The van der Waals surface area contributed by atoms with Crippen LogP contribution in [0.4, 0.5) is 10.1 Å². The summed E-state index contributed by atoms with van der Waals surface area (Å²) in [5, 5.41) is 14.2. The van der Waals surface area contributed by atoms with E-state index in [-0.39, 0.29) is 0 Å². The third-order valence-electron chi connectivity index (χ3n) is 2.70. The quantitative estimate of drug-likeness (QED) is 0.471. The van der Waals surface area contributed by atoms with Crippen molar-refractivity contribution >= 4 is 17.4 Å². The molecule has 100 valence electrons. The van der Waals surface area contributed by atoms with Gasteiger partial charge in [-0.1, -0.05) is 19.1 Å². The number of hydrogen-bond donors (Lipinski definition) is 1. The maximum absolute atomic E-state index is 13.7. The number of benzene rings is 1. The van der Waals surface area contributed by atoms with Crippen molar-refractivity contribution in [3.63, 3.8) is 0 Å². The predicted octanol–water partition coefficient (Wildman–Crippen LogP) is 2.97. The van der Waals surface area contributed by atoms with E-state index in [4.69, 9.17) is 0 Å². The molecule has 1 N–H and O–H groups in total. The Labute approximate surface area is 110 Å². The molecule has 0 heterocycles. The molecule has 1 atom stereocenters. The Morgan fingerprint density at radius 1 is 1.56 bits per heavy atom. The second kappa shape index (κ2) is 7.33. The smallest absolute Gasteiger partial charge is 0.305 e. The monoisotopic (exact) mass is 272 g/mol. The lowest BCUT2D eigenvalue weighted by atomic mass is 10.2. The first kappa shape index (κ1) is 14.9. The molecule has 0 fully saturated rings. The summed E-state index contributed by atoms with van der Waals surface area (Å²) in [7, 11) is 0. The van der Waals surface area contributed by atoms with E-state index >= 15 is 0 Å². The van der Waals surface area contributed by atoms with Crippen LogP contribution in [-0.2, 0) is 6.54 Å². The summed E-state index contributed by atoms with van der Waals surface area (Å²) >= 11 is 1.78. The van der Waals surface area contributed by atoms with Crippen molar-refractivity contribution in [1.29, 1.82) is 0 Å². The first-order valence-electron chi connectivity index (χ1n) is 5.71. The average molecular weight is 272 g/mol. The highest BCUT2D eigenvalue weighted by atomic mass is 32.2. The fraction of sp³-hybridized carbons (Fsp3) is 0.500. The second-order valence-corrected chi connectivity index (χ2v) is 5.30. The zero-order valence-corrected chi connectivity index (χ0v) is 11.3. The number of nitrogens with zero attached hydrogens (tertiary/aromatic N) is 1. The number of thioether (sulfide) groups is 1. The van der Waals surface area contributed by atoms with E-state index in [9.17, 15) is 14.5 Å². The molecule has 1 aromatic carbocycles. The van der Waals surface area contributed by atoms with Crippen LogP contribution in [0, 0.1) is 15.9 Å². The number of halogens is 1. The van der Waals surface area contributed by atoms with Gasteiger partial charge in [-0.25, -0.2) is 0 Å². The van der Waals surface area contributed by atoms with Crippen molar-refractivity contribution in [1.82, 2.24) is 5.32 Å². The first-order chi connectivity index (χ1) is 8.56. The summed E-state index contributed by atoms with van der Waals surface area (Å²) in [6, 6.07) is 4.24. The third kappa shape index (κ3) is 4.27. The molecule has 1 aromatic rings. The molecule has 0 aliphatic carbocycles. The number of nitro groups is 1. The Bertz CT molecular complexity index is 415. The molecule has 18 heavy (non-hydrogen) atoms. The Morgan fingerprint density at radius 3 is 2.89 bits per heavy atom. The lowest BCUT2D eigenvalue weighted by Gasteiger charge is -2.09. The summed E-state index contributed by atoms with van der Waals surface area (Å²) in [6.45, 7) is 3.21. The van der Waals surface area contributed by atoms with Crippen molar-refractivity contribution in [2.45, 2.75) is 25.1 Å². The molecule has 0 spiro atoms. The standard InChI is InChI=1S/C12H17FN2O2S/c1-9(18-2)6-7-14-8-10-4-3-5-11(12(10)13)15(16)17/h3-5,9,14H,6-8H2,1-2H3. The summed E-state index contributed by atoms with van der Waals surface area (Å²) in [6.07, 6.45) is 3.03. The molecule has 0 saturated heterocycles. The highest BCUT2D eigenvalue weighted by Gasteiger charge is 2.16. The van der Waals surface area contributed by atoms with Gasteiger partial charge in [0.2, 0.25) is 5.82 Å². The minimum atomic E-state index is -0.743. The Balaban J connectivity index is 2.53. The molecule has 1 rings (SSSR count). The van der Waals surface area contributed by atoms with E-state index in [0.29, 0.717) is 17.4 Å². The minimum Gasteiger partial charge on any atom is -0.313 e. The Morgan fingerprint density at radius 2 is 2.28 bits per heavy atom. The molecule has 0 amide bonds. The lowest BCUT2D eigenvalue weighted by molar-refractivity contribution is -0.387. The van der Waals surface area contributed by atoms with E-state index in [0.717, 1.165) is 13.0 Å². The maximum atomic E-state index is 13.7. The van der Waals surface area contributed by atoms with Crippen LogP contribution in [0.25, 0.3) is 0 Å². The first-order valence-corrected chi connectivity index (χ1v) is 7.00. The largest absolute Gasteiger partial charge is 0.313 e. The molecule has 0 aromatic heterocycles. The molecule has 0 bridgehead atoms. The molecular weight excluding hydrogens is 255 g/mol. The number of hydrogen-bond acceptors (Lipinski definition) is 4. The van der Waals surface area contributed by atoms with E-state index < -0.39 is 16.4 Å². The molecule has 0 aliphatic rings. The van der Waals surface area contributed by atoms with Gasteiger partial charge < -0.3 is 5.32 Å². The number of rotatable bonds is 7. The Kier molecular flexibility index (Phi) is 6.07. The Hall–Kier alpha value is -1.14. The SMILES string of the molecule is CSC(C)CCNCc1cccc([N+](=O)[O-])c1F. The zero-order valence-electron chi connectivity index (χ0n) is 10.5. The third-order valence-corrected chi connectivity index (χ3v) is 3.74. The molecular formula is C12H17FN2O2S. The van der Waals surface area contributed by atoms with Gasteiger partial charge in [-0.05, 0) is 19.2 Å². The van der Waals surface area contributed by atoms with Crippen molar-refractivity contribution in [2.75, 3.05) is 12.8 Å². The summed E-state index contributed by atoms with van der Waals surface area (Å²) in [5.41, 5.74) is -0.132. The molecule has 0 aliphatic heterocycles. The van der Waals surface area contributed by atoms with Gasteiger partial charge in [0.15, 0.2) is 0 Å². The van der Waals surface area contributed by atoms with Crippen LogP contribution in [-0.4, -0.2) is 23.0 Å². The highest BCUT2D eigenvalue weighted by Crippen LogP contribution is 2.19. The lowest BCUT2D eigenvalue weighted by Crippen LogP contribution is -2.18. The van der Waals surface area contributed by atoms with Gasteiger partial charge in [0.05, 0.1) is 4.92 Å². The zero-order chi connectivity index (χ0) is 13.5. The highest BCUT2D eigenvalue weighted by molar-refractivity contribution is 7.99. The van der Waals surface area contributed by atoms with E-state index in [1.54, 1.807) is 17.8 Å². The van der Waals surface area contributed by atoms with Crippen LogP contribution in [0.1, 0.15) is 18.9 Å². The molecule has 0 saturated carbocycles. The molecule has 0 radical (unpaired) electrons. The molecule has 4 nitrogen and oxygen atoms in total.